The number of aryl methyl sites for hydroxylation is 1. The van der Waals surface area contributed by atoms with Gasteiger partial charge >= 0.3 is 0 Å². The zero-order valence-corrected chi connectivity index (χ0v) is 92.0. The third-order valence-corrected chi connectivity index (χ3v) is 44.6. The molecule has 0 heterocycles. The molecule has 0 amide bonds. The van der Waals surface area contributed by atoms with Gasteiger partial charge in [0.1, 0.15) is 0 Å². The second kappa shape index (κ2) is 48.4. The molecule has 792 valence electrons. The van der Waals surface area contributed by atoms with E-state index in [2.05, 4.69) is 129 Å². The fraction of sp³-hybridized carbons (Fsp3) is 0.612. The Bertz CT molecular complexity index is 5950. The minimum absolute atomic E-state index is 0.134. The summed E-state index contributed by atoms with van der Waals surface area (Å²) in [6, 6.07) is 27.5. The molecule has 0 aliphatic heterocycles. The van der Waals surface area contributed by atoms with Crippen molar-refractivity contribution in [2.75, 3.05) is 30.1 Å². The molecule has 0 spiro atoms. The van der Waals surface area contributed by atoms with Crippen LogP contribution < -0.4 is 0 Å². The standard InChI is InChI=1S/C32H46O5S.C31H43NO4S.C30H41ClO4S.C28H40O4S/c1-21(16-18-38(36,37)27-12-10-25(11-13-27)31(3,4)35)28-14-15-29-23(7-6-17-32(28,29)5)8-9-24-19-26(33)20-30(34)22(24)2;1-21(15-17-37(35,36)27-11-7-23(8-12-27)20-32-4)28-13-14-29-24(6-5-16-31(28,29)3)9-10-25-18-26(33)19-30(34)22(25)2;1-19(13-15-36(34,35)25-10-7-20(2)28(31)18-25)26-11-12-27-22(6-5-14-30(26,27)4)8-9-23-16-24(32)17-29(33)21(23)3;1-20(14-16-33(31,32)25-8-4-3-5-9-25)26-12-13-27-22(7-6-15-28(26,27)2)11-10-21-17-23(29)19-24(30)18-21/h8-13,21,26,28-30,33-35H,2,6-7,14-20H2,1,3-5H3;7-12,20-21,26,28-30,33-34H,2,5-6,13-19H2,1,3-4H3;7-10,18-19,24,26-27,29,32-33H,3,5-6,11-17H2,1-2,4H3;3-5,8-11,20,23-24,26-27,29-30H,6-7,12-19H2,1-2H3/b23-8+,24-9-;24-9+,25-10-,32-20?;22-8+,23-9-;22-11+/t21-,26-,28-,29+,30+,32-;21-,26-,28-,29+,30+,31-;19-,24-,26-,27+,29+,30-;20-,23-,24-,26-,27+,28-/m1111/s1. The molecule has 0 bridgehead atoms. The molecule has 9 N–H and O–H groups in total. The zero-order valence-electron chi connectivity index (χ0n) is 88.0. The van der Waals surface area contributed by atoms with E-state index in [9.17, 15) is 79.6 Å². The van der Waals surface area contributed by atoms with E-state index in [1.54, 1.807) is 118 Å². The molecule has 0 radical (unpaired) electrons. The number of hydrogen-bond donors (Lipinski definition) is 9. The lowest BCUT2D eigenvalue weighted by molar-refractivity contribution is 0.0608. The van der Waals surface area contributed by atoms with Crippen LogP contribution in [0, 0.1) is 99.6 Å². The molecular weight excluding hydrogens is 1900 g/mol. The molecule has 0 unspecified atom stereocenters. The molecule has 0 aromatic heterocycles. The van der Waals surface area contributed by atoms with E-state index in [1.807, 2.05) is 13.0 Å². The van der Waals surface area contributed by atoms with Crippen molar-refractivity contribution >= 4 is 57.2 Å². The molecule has 12 saturated carbocycles. The van der Waals surface area contributed by atoms with Crippen molar-refractivity contribution < 1.29 is 79.6 Å². The molecule has 12 aliphatic carbocycles. The number of sulfone groups is 4. The van der Waals surface area contributed by atoms with E-state index in [-0.39, 0.29) is 44.7 Å². The largest absolute Gasteiger partial charge is 0.393 e. The minimum Gasteiger partial charge on any atom is -0.393 e. The number of aliphatic imine (C=N–C) groups is 1. The summed E-state index contributed by atoms with van der Waals surface area (Å²) in [4.78, 5) is 5.44. The summed E-state index contributed by atoms with van der Waals surface area (Å²) in [6.45, 7) is 36.0. The van der Waals surface area contributed by atoms with Crippen LogP contribution in [0.15, 0.2) is 251 Å². The summed E-state index contributed by atoms with van der Waals surface area (Å²) in [7, 11) is -11.6. The van der Waals surface area contributed by atoms with Crippen molar-refractivity contribution in [3.63, 3.8) is 0 Å². The van der Waals surface area contributed by atoms with Crippen molar-refractivity contribution in [2.24, 2.45) is 97.7 Å². The van der Waals surface area contributed by atoms with Crippen molar-refractivity contribution in [3.8, 4) is 0 Å². The topological polar surface area (TPSA) is 331 Å². The van der Waals surface area contributed by atoms with E-state index in [0.717, 1.165) is 140 Å². The van der Waals surface area contributed by atoms with Crippen LogP contribution in [0.5, 0.6) is 0 Å². The Hall–Kier alpha value is -6.58. The lowest BCUT2D eigenvalue weighted by Gasteiger charge is -2.44. The molecule has 12 fully saturated rings. The molecule has 16 rings (SSSR count). The maximum Gasteiger partial charge on any atom is 0.178 e. The van der Waals surface area contributed by atoms with Gasteiger partial charge in [-0.15, -0.1) is 0 Å². The first-order chi connectivity index (χ1) is 67.9. The summed E-state index contributed by atoms with van der Waals surface area (Å²) in [6.07, 6.45) is 44.6. The number of fused-ring (bicyclic) bond motifs is 4. The van der Waals surface area contributed by atoms with Gasteiger partial charge in [0, 0.05) is 37.5 Å². The van der Waals surface area contributed by atoms with Crippen molar-refractivity contribution in [3.05, 3.63) is 248 Å². The predicted molar refractivity (Wildman–Crippen MR) is 582 cm³/mol. The average molecular weight is 2070 g/mol. The van der Waals surface area contributed by atoms with Crippen LogP contribution in [-0.2, 0) is 45.0 Å². The molecule has 18 nitrogen and oxygen atoms in total. The number of benzene rings is 4. The van der Waals surface area contributed by atoms with E-state index in [4.69, 9.17) is 11.6 Å². The fourth-order valence-electron chi connectivity index (χ4n) is 28.8. The lowest BCUT2D eigenvalue weighted by Crippen LogP contribution is -2.36. The van der Waals surface area contributed by atoms with Gasteiger partial charge in [-0.2, -0.15) is 0 Å². The summed E-state index contributed by atoms with van der Waals surface area (Å²) >= 11 is 6.19. The Balaban J connectivity index is 0.000000161. The summed E-state index contributed by atoms with van der Waals surface area (Å²) in [5, 5.41) is 91.5. The number of aliphatic hydroxyl groups excluding tert-OH is 8. The van der Waals surface area contributed by atoms with Crippen LogP contribution in [-0.4, -0.2) is 165 Å². The molecule has 24 atom stereocenters. The quantitative estimate of drug-likeness (QED) is 0.0264. The average Bonchev–Trinajstić information content (AvgIpc) is 1.61. The minimum atomic E-state index is -3.39. The summed E-state index contributed by atoms with van der Waals surface area (Å²) in [5.41, 5.74) is 14.3. The highest BCUT2D eigenvalue weighted by Gasteiger charge is 2.55. The Morgan fingerprint density at radius 2 is 0.688 bits per heavy atom. The second-order valence-electron chi connectivity index (χ2n) is 47.2. The molecule has 4 aromatic rings. The normalized spacial score (nSPS) is 34.1. The Morgan fingerprint density at radius 3 is 1.00 bits per heavy atom. The monoisotopic (exact) mass is 2070 g/mol. The summed E-state index contributed by atoms with van der Waals surface area (Å²) in [5.74, 6) is 6.04. The smallest absolute Gasteiger partial charge is 0.178 e. The van der Waals surface area contributed by atoms with Crippen molar-refractivity contribution in [1.82, 2.24) is 0 Å². The number of hydrogen-bond acceptors (Lipinski definition) is 18. The number of aliphatic hydroxyl groups is 9. The SMILES string of the molecule is C=C1/C(=C\C=C2/CCC[C@]3(C)[C@@H]([C@H](C)CCS(=O)(=O)c4ccc(C(C)(C)O)cc4)CC[C@@H]23)C[C@@H](O)C[C@@H]1O.C=C1/C(=C\C=C2/CCC[C@]3(C)[C@@H]([C@H](C)CCS(=O)(=O)c4ccc(C)c(Cl)c4)CC[C@@H]23)C[C@@H](O)C[C@@H]1O.C=C1/C(=C\C=C2/CCC[C@]3(C)[C@@H]([C@H](C)CCS(=O)(=O)c4ccc(C=NC)cc4)CC[C@@H]23)C[C@@H](O)C[C@@H]1O.C[C@H](CCS(=O)(=O)c1ccccc1)[C@H]1CC[C@H]2/C(=C/C=C3C[C@@H](O)C[C@H](O)C3)CCC[C@]12C. The first kappa shape index (κ1) is 115. The maximum atomic E-state index is 13.1. The van der Waals surface area contributed by atoms with Gasteiger partial charge in [0.15, 0.2) is 39.3 Å². The van der Waals surface area contributed by atoms with E-state index >= 15 is 0 Å². The van der Waals surface area contributed by atoms with Gasteiger partial charge in [0.25, 0.3) is 0 Å². The Kier molecular flexibility index (Phi) is 38.5. The van der Waals surface area contributed by atoms with Gasteiger partial charge in [-0.3, -0.25) is 4.99 Å². The van der Waals surface area contributed by atoms with Crippen LogP contribution in [0.3, 0.4) is 0 Å². The van der Waals surface area contributed by atoms with Crippen molar-refractivity contribution in [2.45, 2.75) is 362 Å². The highest BCUT2D eigenvalue weighted by Crippen LogP contribution is 2.65. The Labute approximate surface area is 868 Å². The van der Waals surface area contributed by atoms with Gasteiger partial charge in [0.2, 0.25) is 0 Å². The second-order valence-corrected chi connectivity index (χ2v) is 56.1. The molecule has 0 saturated heterocycles. The molecule has 12 aliphatic rings. The number of halogens is 1. The lowest BCUT2D eigenvalue weighted by atomic mass is 9.61. The van der Waals surface area contributed by atoms with Crippen LogP contribution >= 0.6 is 11.6 Å². The van der Waals surface area contributed by atoms with Gasteiger partial charge < -0.3 is 46.0 Å². The first-order valence-electron chi connectivity index (χ1n) is 54.0. The van der Waals surface area contributed by atoms with Crippen molar-refractivity contribution in [1.29, 1.82) is 0 Å². The van der Waals surface area contributed by atoms with Crippen LogP contribution in [0.4, 0.5) is 0 Å². The molecular formula is C121H170ClNO17S4. The van der Waals surface area contributed by atoms with Gasteiger partial charge in [-0.05, 0) is 405 Å². The van der Waals surface area contributed by atoms with E-state index < -0.39 is 93.8 Å². The third kappa shape index (κ3) is 27.3. The number of nitrogens with zero attached hydrogens (tertiary/aromatic N) is 1. The van der Waals surface area contributed by atoms with Gasteiger partial charge in [-0.1, -0.05) is 212 Å². The Morgan fingerprint density at radius 1 is 0.396 bits per heavy atom. The number of allylic oxidation sites excluding steroid dienone is 12. The van der Waals surface area contributed by atoms with Gasteiger partial charge in [-0.25, -0.2) is 33.7 Å². The van der Waals surface area contributed by atoms with Crippen LogP contribution in [0.2, 0.25) is 5.02 Å². The molecule has 23 heteroatoms. The van der Waals surface area contributed by atoms with Crippen LogP contribution in [0.1, 0.15) is 298 Å². The highest BCUT2D eigenvalue weighted by molar-refractivity contribution is 7.92. The highest BCUT2D eigenvalue weighted by atomic mass is 35.5. The first-order valence-corrected chi connectivity index (χ1v) is 61.0. The zero-order chi connectivity index (χ0) is 105. The summed E-state index contributed by atoms with van der Waals surface area (Å²) < 4.78 is 104. The molecule has 144 heavy (non-hydrogen) atoms. The van der Waals surface area contributed by atoms with E-state index in [0.29, 0.717) is 185 Å². The van der Waals surface area contributed by atoms with Crippen LogP contribution in [0.25, 0.3) is 0 Å². The fourth-order valence-corrected chi connectivity index (χ4v) is 35.0. The number of rotatable bonds is 26. The molecule has 4 aromatic carbocycles. The van der Waals surface area contributed by atoms with Gasteiger partial charge in [0.05, 0.1) is 97.0 Å². The maximum absolute atomic E-state index is 13.1. The predicted octanol–water partition coefficient (Wildman–Crippen LogP) is 23.6. The third-order valence-electron chi connectivity index (χ3n) is 37.2. The van der Waals surface area contributed by atoms with E-state index in [1.165, 1.54) is 60.8 Å².